The highest BCUT2D eigenvalue weighted by Crippen LogP contribution is 2.36. The minimum atomic E-state index is -0.893. The maximum Gasteiger partial charge on any atom is 0.414 e. The average Bonchev–Trinajstić information content (AvgIpc) is 4.16. The molecule has 2 fully saturated rings. The van der Waals surface area contributed by atoms with Crippen LogP contribution in [-0.2, 0) is 9.47 Å². The van der Waals surface area contributed by atoms with Gasteiger partial charge in [0.05, 0.1) is 59.5 Å². The fourth-order valence-corrected chi connectivity index (χ4v) is 9.64. The van der Waals surface area contributed by atoms with E-state index in [9.17, 15) is 28.8 Å². The van der Waals surface area contributed by atoms with Gasteiger partial charge in [-0.05, 0) is 136 Å². The van der Waals surface area contributed by atoms with Crippen LogP contribution in [0.15, 0.2) is 123 Å². The second-order valence-electron chi connectivity index (χ2n) is 17.0. The van der Waals surface area contributed by atoms with Gasteiger partial charge in [0.15, 0.2) is 5.65 Å². The topological polar surface area (TPSA) is 208 Å². The number of pyridine rings is 1. The lowest BCUT2D eigenvalue weighted by molar-refractivity contribution is 0.0694. The summed E-state index contributed by atoms with van der Waals surface area (Å²) in [6.07, 6.45) is 0.853. The van der Waals surface area contributed by atoms with Crippen LogP contribution in [-0.4, -0.2) is 147 Å². The molecule has 23 heteroatoms. The number of methoxy groups -OCH3 is 1. The van der Waals surface area contributed by atoms with Gasteiger partial charge in [-0.25, -0.2) is 19.4 Å². The van der Waals surface area contributed by atoms with Crippen molar-refractivity contribution >= 4 is 151 Å². The van der Waals surface area contributed by atoms with Crippen LogP contribution in [0.25, 0.3) is 33.4 Å². The first kappa shape index (κ1) is 59.1. The zero-order valence-corrected chi connectivity index (χ0v) is 50.9. The van der Waals surface area contributed by atoms with E-state index in [4.69, 9.17) is 19.3 Å². The van der Waals surface area contributed by atoms with Gasteiger partial charge < -0.3 is 34.0 Å². The lowest BCUT2D eigenvalue weighted by atomic mass is 10.00. The Morgan fingerprint density at radius 1 is 0.632 bits per heavy atom. The highest BCUT2D eigenvalue weighted by molar-refractivity contribution is 14.1. The highest BCUT2D eigenvalue weighted by Gasteiger charge is 2.30. The Morgan fingerprint density at radius 3 is 1.61 bits per heavy atom. The first-order valence-corrected chi connectivity index (χ1v) is 27.2. The van der Waals surface area contributed by atoms with E-state index in [1.807, 2.05) is 83.3 Å². The van der Waals surface area contributed by atoms with Crippen molar-refractivity contribution in [2.45, 2.75) is 0 Å². The number of carboxylic acids is 1. The van der Waals surface area contributed by atoms with Gasteiger partial charge in [-0.2, -0.15) is 5.10 Å². The van der Waals surface area contributed by atoms with Crippen molar-refractivity contribution in [3.05, 3.63) is 152 Å². The number of carboxylic acid groups (broad SMARTS) is 1. The van der Waals surface area contributed by atoms with Crippen LogP contribution in [0.3, 0.4) is 0 Å². The quantitative estimate of drug-likeness (QED) is 0.129. The number of nitrogens with one attached hydrogen (secondary N) is 1. The van der Waals surface area contributed by atoms with Crippen LogP contribution in [0.2, 0.25) is 0 Å². The van der Waals surface area contributed by atoms with Crippen molar-refractivity contribution in [3.8, 4) is 28.1 Å². The second-order valence-corrected chi connectivity index (χ2v) is 22.0. The van der Waals surface area contributed by atoms with Crippen molar-refractivity contribution in [1.82, 2.24) is 29.9 Å². The number of carbonyl (C=O) groups is 6. The van der Waals surface area contributed by atoms with Gasteiger partial charge in [-0.1, -0.05) is 66.0 Å². The van der Waals surface area contributed by atoms with E-state index in [1.54, 1.807) is 103 Å². The van der Waals surface area contributed by atoms with Crippen LogP contribution in [0.1, 0.15) is 41.4 Å². The molecule has 0 aliphatic carbocycles. The molecule has 396 valence electrons. The number of benzene rings is 5. The number of aromatic amines is 1. The first-order chi connectivity index (χ1) is 36.1. The zero-order chi connectivity index (χ0) is 55.5. The van der Waals surface area contributed by atoms with Crippen LogP contribution in [0.5, 0.6) is 5.75 Å². The van der Waals surface area contributed by atoms with Gasteiger partial charge in [0, 0.05) is 85.6 Å². The molecule has 7 aromatic rings. The first-order valence-electron chi connectivity index (χ1n) is 22.7. The molecule has 2 N–H and O–H groups in total. The lowest BCUT2D eigenvalue weighted by Gasteiger charge is -2.20. The van der Waals surface area contributed by atoms with Gasteiger partial charge in [0.25, 0.3) is 17.7 Å². The molecule has 0 bridgehead atoms. The molecule has 9 rings (SSSR count). The molecular formula is C53H49Br3I2N8O10. The fraction of sp³-hybridized carbons (Fsp3) is 0.208. The molecule has 0 saturated carbocycles. The van der Waals surface area contributed by atoms with Crippen LogP contribution < -0.4 is 14.5 Å². The number of amides is 5. The summed E-state index contributed by atoms with van der Waals surface area (Å²) in [5.41, 5.74) is 6.92. The van der Waals surface area contributed by atoms with Gasteiger partial charge in [-0.15, -0.1) is 0 Å². The number of hydrogen-bond donors (Lipinski definition) is 2. The minimum Gasteiger partial charge on any atom is -0.496 e. The summed E-state index contributed by atoms with van der Waals surface area (Å²) in [6, 6.07) is 31.2. The number of hydrogen-bond acceptors (Lipinski definition) is 11. The van der Waals surface area contributed by atoms with Gasteiger partial charge in [0.2, 0.25) is 0 Å². The Kier molecular flexibility index (Phi) is 20.8. The standard InChI is InChI=1S/C25H23N5O4.C12H13BrN2O3.C9H9BrINO.C7H4BrIO2/c1-29(2)24(31)18-12-15(8-9-20(18)30-10-11-34-25(30)32)16-13-19-22(27-28-23(19)26-14-16)17-6-4-5-7-21(17)33-3;1-14(2)11(16)9-7-8(13)3-4-10(9)15-5-6-18-12(15)17;1-12(2)9(13)7-5-6(10)3-4-8(7)11;8-4-1-2-6(9)5(3-4)7(10)11/h4-9,12-14H,10-11H2,1-3H3,(H,26,27,28);3-4,7H,5-6H2,1-2H3;3-5H,1-2H3;1-3H,(H,10,11). The molecule has 76 heavy (non-hydrogen) atoms. The monoisotopic (exact) mass is 1450 g/mol. The number of cyclic esters (lactones) is 2. The number of anilines is 2. The number of H-pyrrole nitrogens is 1. The second kappa shape index (κ2) is 26.7. The third-order valence-electron chi connectivity index (χ3n) is 11.2. The molecule has 0 atom stereocenters. The molecule has 2 aliphatic heterocycles. The Balaban J connectivity index is 0.000000186. The summed E-state index contributed by atoms with van der Waals surface area (Å²) in [7, 11) is 11.8. The van der Waals surface area contributed by atoms with E-state index in [0.29, 0.717) is 60.0 Å². The van der Waals surface area contributed by atoms with E-state index in [0.717, 1.165) is 59.6 Å². The molecule has 5 aromatic carbocycles. The third kappa shape index (κ3) is 14.4. The van der Waals surface area contributed by atoms with E-state index in [-0.39, 0.29) is 17.7 Å². The Morgan fingerprint density at radius 2 is 1.11 bits per heavy atom. The number of fused-ring (bicyclic) bond motifs is 1. The van der Waals surface area contributed by atoms with E-state index >= 15 is 0 Å². The van der Waals surface area contributed by atoms with Gasteiger partial charge >= 0.3 is 18.2 Å². The van der Waals surface area contributed by atoms with E-state index in [1.165, 1.54) is 19.6 Å². The Labute approximate surface area is 490 Å². The number of halogens is 5. The largest absolute Gasteiger partial charge is 0.496 e. The third-order valence-corrected chi connectivity index (χ3v) is 14.5. The predicted octanol–water partition coefficient (Wildman–Crippen LogP) is 11.6. The summed E-state index contributed by atoms with van der Waals surface area (Å²) < 4.78 is 19.7. The van der Waals surface area contributed by atoms with Crippen LogP contribution in [0, 0.1) is 7.14 Å². The molecule has 2 aromatic heterocycles. The van der Waals surface area contributed by atoms with E-state index < -0.39 is 18.2 Å². The number of aromatic carboxylic acids is 1. The van der Waals surface area contributed by atoms with Crippen molar-refractivity contribution < 1.29 is 48.1 Å². The Hall–Kier alpha value is -6.16. The van der Waals surface area contributed by atoms with Crippen molar-refractivity contribution in [2.75, 3.05) is 85.5 Å². The van der Waals surface area contributed by atoms with Gasteiger partial charge in [0.1, 0.15) is 19.0 Å². The smallest absolute Gasteiger partial charge is 0.414 e. The summed E-state index contributed by atoms with van der Waals surface area (Å²) in [6.45, 7) is 1.51. The fourth-order valence-electron chi connectivity index (χ4n) is 7.42. The molecule has 0 unspecified atom stereocenters. The van der Waals surface area contributed by atoms with Crippen molar-refractivity contribution in [3.63, 3.8) is 0 Å². The maximum atomic E-state index is 13.0. The summed E-state index contributed by atoms with van der Waals surface area (Å²) in [5.74, 6) is -0.491. The van der Waals surface area contributed by atoms with Crippen molar-refractivity contribution in [2.24, 2.45) is 0 Å². The number of aromatic nitrogens is 3. The number of rotatable bonds is 9. The molecule has 2 aliphatic rings. The maximum absolute atomic E-state index is 13.0. The predicted molar refractivity (Wildman–Crippen MR) is 318 cm³/mol. The van der Waals surface area contributed by atoms with Crippen LogP contribution in [0.4, 0.5) is 21.0 Å². The Bertz CT molecular complexity index is 3340. The highest BCUT2D eigenvalue weighted by atomic mass is 127. The SMILES string of the molecule is CN(C)C(=O)c1cc(Br)ccc1I.CN(C)C(=O)c1cc(Br)ccc1N1CCOC1=O.COc1ccccc1-c1[nH]nc2ncc(-c3ccc(N4CCOC4=O)c(C(=O)N(C)C)c3)cc12.O=C(O)c1cc(Br)ccc1I. The molecule has 0 spiro atoms. The number of ether oxygens (including phenoxy) is 3. The molecule has 18 nitrogen and oxygen atoms in total. The summed E-state index contributed by atoms with van der Waals surface area (Å²) in [5, 5.41) is 16.9. The molecule has 4 heterocycles. The normalized spacial score (nSPS) is 12.5. The summed E-state index contributed by atoms with van der Waals surface area (Å²) in [4.78, 5) is 83.0. The number of nitrogens with zero attached hydrogens (tertiary/aromatic N) is 7. The molecule has 0 radical (unpaired) electrons. The van der Waals surface area contributed by atoms with Crippen LogP contribution >= 0.6 is 93.0 Å². The summed E-state index contributed by atoms with van der Waals surface area (Å²) >= 11 is 14.0. The molecule has 5 amide bonds. The number of carbonyl (C=O) groups excluding carboxylic acids is 5. The lowest BCUT2D eigenvalue weighted by Crippen LogP contribution is -2.29. The molecule has 2 saturated heterocycles. The zero-order valence-electron chi connectivity index (χ0n) is 41.9. The average molecular weight is 1450 g/mol. The van der Waals surface area contributed by atoms with Crippen molar-refractivity contribution in [1.29, 1.82) is 0 Å². The molecular weight excluding hydrogens is 1400 g/mol. The number of para-hydroxylation sites is 1. The van der Waals surface area contributed by atoms with E-state index in [2.05, 4.69) is 85.6 Å². The van der Waals surface area contributed by atoms with Gasteiger partial charge in [-0.3, -0.25) is 29.3 Å². The minimum absolute atomic E-state index is 0.0331.